The van der Waals surface area contributed by atoms with Crippen LogP contribution >= 0.6 is 0 Å². The van der Waals surface area contributed by atoms with Crippen LogP contribution in [0.5, 0.6) is 0 Å². The third-order valence-corrected chi connectivity index (χ3v) is 4.90. The molecule has 0 aliphatic heterocycles. The van der Waals surface area contributed by atoms with E-state index in [0.717, 1.165) is 34.8 Å². The Kier molecular flexibility index (Phi) is 4.28. The first kappa shape index (κ1) is 17.1. The number of halogens is 1. The minimum atomic E-state index is -0.284. The molecule has 4 rings (SSSR count). The van der Waals surface area contributed by atoms with Crippen molar-refractivity contribution in [2.75, 3.05) is 0 Å². The number of benzene rings is 2. The first-order valence-electron chi connectivity index (χ1n) is 8.84. The summed E-state index contributed by atoms with van der Waals surface area (Å²) in [5.74, 6) is -0.491. The molecule has 0 bridgehead atoms. The highest BCUT2D eigenvalue weighted by Gasteiger charge is 2.18. The molecule has 27 heavy (non-hydrogen) atoms. The summed E-state index contributed by atoms with van der Waals surface area (Å²) in [4.78, 5) is 12.7. The summed E-state index contributed by atoms with van der Waals surface area (Å²) in [6, 6.07) is 16.2. The van der Waals surface area contributed by atoms with Gasteiger partial charge in [0.05, 0.1) is 11.3 Å². The second kappa shape index (κ2) is 6.76. The second-order valence-electron chi connectivity index (χ2n) is 6.65. The van der Waals surface area contributed by atoms with Crippen LogP contribution in [0.4, 0.5) is 4.39 Å². The Hall–Kier alpha value is -3.34. The number of aryl methyl sites for hydroxylation is 1. The monoisotopic (exact) mass is 361 g/mol. The zero-order valence-electron chi connectivity index (χ0n) is 15.2. The van der Waals surface area contributed by atoms with Gasteiger partial charge in [-0.25, -0.2) is 4.39 Å². The number of amides is 1. The molecule has 0 unspecified atom stereocenters. The number of fused-ring (bicyclic) bond motifs is 1. The van der Waals surface area contributed by atoms with E-state index in [1.54, 1.807) is 12.1 Å². The molecule has 136 valence electrons. The van der Waals surface area contributed by atoms with Crippen molar-refractivity contribution in [1.29, 1.82) is 0 Å². The van der Waals surface area contributed by atoms with Gasteiger partial charge in [0.25, 0.3) is 5.91 Å². The fourth-order valence-electron chi connectivity index (χ4n) is 3.57. The molecule has 2 aromatic carbocycles. The SMILES string of the molecule is Cc1cc(C(=O)NNC2=CCc3ccccc32)c(C)n1-c1ccc(F)cc1. The van der Waals surface area contributed by atoms with Gasteiger partial charge in [0.2, 0.25) is 0 Å². The van der Waals surface area contributed by atoms with Gasteiger partial charge in [0, 0.05) is 22.6 Å². The van der Waals surface area contributed by atoms with Gasteiger partial charge < -0.3 is 4.57 Å². The van der Waals surface area contributed by atoms with Crippen molar-refractivity contribution in [2.45, 2.75) is 20.3 Å². The largest absolute Gasteiger partial charge is 0.318 e. The molecule has 5 heteroatoms. The van der Waals surface area contributed by atoms with E-state index in [9.17, 15) is 9.18 Å². The second-order valence-corrected chi connectivity index (χ2v) is 6.65. The molecule has 0 radical (unpaired) electrons. The van der Waals surface area contributed by atoms with E-state index in [0.29, 0.717) is 5.56 Å². The number of aromatic nitrogens is 1. The number of hydrazine groups is 1. The Bertz CT molecular complexity index is 1050. The summed E-state index contributed by atoms with van der Waals surface area (Å²) in [5, 5.41) is 0. The van der Waals surface area contributed by atoms with Crippen molar-refractivity contribution in [3.63, 3.8) is 0 Å². The van der Waals surface area contributed by atoms with Gasteiger partial charge in [-0.2, -0.15) is 0 Å². The standard InChI is InChI=1S/C22H20FN3O/c1-14-13-20(15(2)26(14)18-10-8-17(23)9-11-18)22(27)25-24-21-12-7-16-5-3-4-6-19(16)21/h3-6,8-13,24H,7H2,1-2H3,(H,25,27). The molecule has 1 aromatic heterocycles. The average Bonchev–Trinajstić information content (AvgIpc) is 3.21. The molecule has 1 amide bonds. The summed E-state index contributed by atoms with van der Waals surface area (Å²) >= 11 is 0. The maximum Gasteiger partial charge on any atom is 0.271 e. The smallest absolute Gasteiger partial charge is 0.271 e. The van der Waals surface area contributed by atoms with Gasteiger partial charge in [-0.1, -0.05) is 30.3 Å². The Labute approximate surface area is 157 Å². The molecule has 0 fully saturated rings. The summed E-state index contributed by atoms with van der Waals surface area (Å²) in [7, 11) is 0. The maximum absolute atomic E-state index is 13.2. The summed E-state index contributed by atoms with van der Waals surface area (Å²) in [5.41, 5.74) is 12.2. The lowest BCUT2D eigenvalue weighted by Crippen LogP contribution is -2.36. The lowest BCUT2D eigenvalue weighted by atomic mass is 10.1. The normalized spacial score (nSPS) is 12.5. The van der Waals surface area contributed by atoms with Gasteiger partial charge in [0.1, 0.15) is 5.82 Å². The lowest BCUT2D eigenvalue weighted by Gasteiger charge is -2.12. The van der Waals surface area contributed by atoms with E-state index in [4.69, 9.17) is 0 Å². The van der Waals surface area contributed by atoms with Crippen LogP contribution in [0.1, 0.15) is 32.9 Å². The zero-order chi connectivity index (χ0) is 19.0. The van der Waals surface area contributed by atoms with Gasteiger partial charge in [-0.3, -0.25) is 15.6 Å². The van der Waals surface area contributed by atoms with Crippen LogP contribution in [0.3, 0.4) is 0 Å². The quantitative estimate of drug-likeness (QED) is 0.688. The van der Waals surface area contributed by atoms with Crippen LogP contribution in [0.15, 0.2) is 60.7 Å². The van der Waals surface area contributed by atoms with E-state index in [-0.39, 0.29) is 11.7 Å². The van der Waals surface area contributed by atoms with E-state index in [2.05, 4.69) is 23.0 Å². The molecule has 1 heterocycles. The first-order valence-corrected chi connectivity index (χ1v) is 8.84. The van der Waals surface area contributed by atoms with Gasteiger partial charge in [-0.05, 0) is 56.2 Å². The van der Waals surface area contributed by atoms with Crippen molar-refractivity contribution >= 4 is 11.6 Å². The number of carbonyl (C=O) groups excluding carboxylic acids is 1. The molecule has 0 saturated heterocycles. The summed E-state index contributed by atoms with van der Waals surface area (Å²) in [6.45, 7) is 3.81. The van der Waals surface area contributed by atoms with Crippen LogP contribution in [-0.2, 0) is 6.42 Å². The molecule has 0 saturated carbocycles. The number of hydrogen-bond acceptors (Lipinski definition) is 2. The van der Waals surface area contributed by atoms with Crippen LogP contribution in [0.25, 0.3) is 11.4 Å². The topological polar surface area (TPSA) is 46.1 Å². The Morgan fingerprint density at radius 2 is 1.81 bits per heavy atom. The molecule has 4 nitrogen and oxygen atoms in total. The van der Waals surface area contributed by atoms with Crippen LogP contribution in [0.2, 0.25) is 0 Å². The van der Waals surface area contributed by atoms with E-state index in [1.807, 2.05) is 42.7 Å². The third-order valence-electron chi connectivity index (χ3n) is 4.90. The van der Waals surface area contributed by atoms with Gasteiger partial charge in [0.15, 0.2) is 0 Å². The van der Waals surface area contributed by atoms with Crippen molar-refractivity contribution in [3.8, 4) is 5.69 Å². The molecular formula is C22H20FN3O. The first-order chi connectivity index (χ1) is 13.0. The van der Waals surface area contributed by atoms with Crippen LogP contribution in [0, 0.1) is 19.7 Å². The average molecular weight is 361 g/mol. The van der Waals surface area contributed by atoms with Crippen molar-refractivity contribution in [1.82, 2.24) is 15.4 Å². The molecule has 1 aliphatic rings. The van der Waals surface area contributed by atoms with Crippen molar-refractivity contribution in [3.05, 3.63) is 94.6 Å². The van der Waals surface area contributed by atoms with E-state index in [1.165, 1.54) is 17.7 Å². The number of nitrogens with zero attached hydrogens (tertiary/aromatic N) is 1. The Morgan fingerprint density at radius 1 is 1.07 bits per heavy atom. The fourth-order valence-corrected chi connectivity index (χ4v) is 3.57. The van der Waals surface area contributed by atoms with Gasteiger partial charge in [-0.15, -0.1) is 0 Å². The highest BCUT2D eigenvalue weighted by molar-refractivity contribution is 5.96. The molecule has 2 N–H and O–H groups in total. The summed E-state index contributed by atoms with van der Waals surface area (Å²) < 4.78 is 15.1. The van der Waals surface area contributed by atoms with Crippen molar-refractivity contribution in [2.24, 2.45) is 0 Å². The lowest BCUT2D eigenvalue weighted by molar-refractivity contribution is 0.0942. The predicted octanol–water partition coefficient (Wildman–Crippen LogP) is 4.06. The fraction of sp³-hybridized carbons (Fsp3) is 0.136. The maximum atomic E-state index is 13.2. The predicted molar refractivity (Wildman–Crippen MR) is 104 cm³/mol. The minimum absolute atomic E-state index is 0.207. The number of allylic oxidation sites excluding steroid dienone is 1. The van der Waals surface area contributed by atoms with E-state index < -0.39 is 0 Å². The Morgan fingerprint density at radius 3 is 2.59 bits per heavy atom. The summed E-state index contributed by atoms with van der Waals surface area (Å²) in [6.07, 6.45) is 2.92. The third kappa shape index (κ3) is 3.12. The molecule has 0 atom stereocenters. The minimum Gasteiger partial charge on any atom is -0.318 e. The zero-order valence-corrected chi connectivity index (χ0v) is 15.2. The molecule has 0 spiro atoms. The number of carbonyl (C=O) groups is 1. The van der Waals surface area contributed by atoms with Gasteiger partial charge >= 0.3 is 0 Å². The highest BCUT2D eigenvalue weighted by atomic mass is 19.1. The number of hydrogen-bond donors (Lipinski definition) is 2. The van der Waals surface area contributed by atoms with Crippen LogP contribution < -0.4 is 10.9 Å². The Balaban J connectivity index is 1.53. The van der Waals surface area contributed by atoms with E-state index >= 15 is 0 Å². The van der Waals surface area contributed by atoms with Crippen molar-refractivity contribution < 1.29 is 9.18 Å². The highest BCUT2D eigenvalue weighted by Crippen LogP contribution is 2.25. The van der Waals surface area contributed by atoms with Crippen LogP contribution in [-0.4, -0.2) is 10.5 Å². The number of rotatable bonds is 4. The number of nitrogens with one attached hydrogen (secondary N) is 2. The molecule has 3 aromatic rings. The molecule has 1 aliphatic carbocycles. The molecular weight excluding hydrogens is 341 g/mol.